The van der Waals surface area contributed by atoms with E-state index in [1.807, 2.05) is 0 Å². The third-order valence-corrected chi connectivity index (χ3v) is 2.82. The van der Waals surface area contributed by atoms with Gasteiger partial charge in [0.2, 0.25) is 0 Å². The first-order valence-electron chi connectivity index (χ1n) is 4.43. The fourth-order valence-corrected chi connectivity index (χ4v) is 1.67. The number of aliphatic hydroxyl groups is 2. The van der Waals surface area contributed by atoms with Gasteiger partial charge < -0.3 is 15.2 Å². The van der Waals surface area contributed by atoms with E-state index < -0.39 is 12.2 Å². The average molecular weight is 272 g/mol. The van der Waals surface area contributed by atoms with Gasteiger partial charge in [-0.05, 0) is 6.07 Å². The maximum absolute atomic E-state index is 9.73. The minimum atomic E-state index is -0.940. The number of nitrogens with one attached hydrogen (secondary N) is 1. The molecular weight excluding hydrogens is 262 g/mol. The van der Waals surface area contributed by atoms with Crippen molar-refractivity contribution in [3.05, 3.63) is 24.2 Å². The van der Waals surface area contributed by atoms with E-state index in [0.717, 1.165) is 5.52 Å². The lowest BCUT2D eigenvalue weighted by molar-refractivity contribution is 0.0341. The van der Waals surface area contributed by atoms with Crippen molar-refractivity contribution < 1.29 is 10.2 Å². The Balaban J connectivity index is 2.35. The Morgan fingerprint density at radius 3 is 2.93 bits per heavy atom. The smallest absolute Gasteiger partial charge is 0.177 e. The summed E-state index contributed by atoms with van der Waals surface area (Å²) in [5, 5.41) is 19.5. The van der Waals surface area contributed by atoms with Gasteiger partial charge >= 0.3 is 0 Å². The summed E-state index contributed by atoms with van der Waals surface area (Å²) < 4.78 is 0. The number of halogens is 1. The molecule has 2 aromatic rings. The Hall–Kier alpha value is -0.980. The summed E-state index contributed by atoms with van der Waals surface area (Å²) in [6, 6.07) is 1.73. The zero-order valence-corrected chi connectivity index (χ0v) is 9.35. The van der Waals surface area contributed by atoms with Crippen molar-refractivity contribution in [1.29, 1.82) is 0 Å². The van der Waals surface area contributed by atoms with Crippen molar-refractivity contribution >= 4 is 27.1 Å². The summed E-state index contributed by atoms with van der Waals surface area (Å²) >= 11 is 3.10. The van der Waals surface area contributed by atoms with Crippen molar-refractivity contribution in [3.8, 4) is 0 Å². The minimum Gasteiger partial charge on any atom is -0.389 e. The minimum absolute atomic E-state index is 0.315. The van der Waals surface area contributed by atoms with Crippen LogP contribution < -0.4 is 0 Å². The van der Waals surface area contributed by atoms with Gasteiger partial charge in [-0.15, -0.1) is 0 Å². The molecule has 0 amide bonds. The highest BCUT2D eigenvalue weighted by molar-refractivity contribution is 9.09. The highest BCUT2D eigenvalue weighted by Gasteiger charge is 2.17. The molecule has 0 aliphatic carbocycles. The molecule has 15 heavy (non-hydrogen) atoms. The fourth-order valence-electron chi connectivity index (χ4n) is 1.31. The summed E-state index contributed by atoms with van der Waals surface area (Å²) in [6.45, 7) is 0. The lowest BCUT2D eigenvalue weighted by atomic mass is 10.1. The number of fused-ring (bicyclic) bond motifs is 1. The second-order valence-electron chi connectivity index (χ2n) is 3.21. The van der Waals surface area contributed by atoms with Crippen LogP contribution in [-0.2, 0) is 0 Å². The highest BCUT2D eigenvalue weighted by Crippen LogP contribution is 2.19. The Bertz CT molecular complexity index is 459. The molecule has 3 N–H and O–H groups in total. The van der Waals surface area contributed by atoms with Gasteiger partial charge in [0.05, 0.1) is 17.9 Å². The van der Waals surface area contributed by atoms with Crippen LogP contribution in [0, 0.1) is 0 Å². The van der Waals surface area contributed by atoms with Crippen LogP contribution in [0.3, 0.4) is 0 Å². The molecule has 5 nitrogen and oxygen atoms in total. The number of aromatic nitrogens is 3. The quantitative estimate of drug-likeness (QED) is 0.720. The zero-order chi connectivity index (χ0) is 10.8. The van der Waals surface area contributed by atoms with Gasteiger partial charge in [-0.25, -0.2) is 9.97 Å². The van der Waals surface area contributed by atoms with E-state index in [-0.39, 0.29) is 0 Å². The molecule has 0 radical (unpaired) electrons. The Morgan fingerprint density at radius 2 is 2.20 bits per heavy atom. The maximum Gasteiger partial charge on any atom is 0.177 e. The van der Waals surface area contributed by atoms with Crippen LogP contribution in [0.5, 0.6) is 0 Å². The molecule has 0 aromatic carbocycles. The number of nitrogens with zero attached hydrogens (tertiary/aromatic N) is 2. The first kappa shape index (κ1) is 10.5. The van der Waals surface area contributed by atoms with E-state index in [1.165, 1.54) is 12.5 Å². The predicted molar refractivity (Wildman–Crippen MR) is 58.6 cm³/mol. The van der Waals surface area contributed by atoms with E-state index in [2.05, 4.69) is 30.9 Å². The topological polar surface area (TPSA) is 82.0 Å². The normalized spacial score (nSPS) is 15.4. The SMILES string of the molecule is OC(CBr)C(O)c1cnc2nc[nH]c2c1. The summed E-state index contributed by atoms with van der Waals surface area (Å²) in [7, 11) is 0. The van der Waals surface area contributed by atoms with E-state index >= 15 is 0 Å². The molecule has 0 saturated heterocycles. The molecule has 2 aromatic heterocycles. The summed E-state index contributed by atoms with van der Waals surface area (Å²) in [4.78, 5) is 10.9. The third-order valence-electron chi connectivity index (χ3n) is 2.16. The number of pyridine rings is 1. The van der Waals surface area contributed by atoms with Gasteiger partial charge in [0, 0.05) is 17.1 Å². The highest BCUT2D eigenvalue weighted by atomic mass is 79.9. The van der Waals surface area contributed by atoms with E-state index in [0.29, 0.717) is 16.5 Å². The number of alkyl halides is 1. The largest absolute Gasteiger partial charge is 0.389 e. The number of aliphatic hydroxyl groups excluding tert-OH is 2. The van der Waals surface area contributed by atoms with Crippen LogP contribution in [0.15, 0.2) is 18.6 Å². The van der Waals surface area contributed by atoms with Gasteiger partial charge in [-0.1, -0.05) is 15.9 Å². The first-order chi connectivity index (χ1) is 7.22. The molecule has 0 aliphatic heterocycles. The average Bonchev–Trinajstić information content (AvgIpc) is 2.73. The monoisotopic (exact) mass is 271 g/mol. The molecule has 0 bridgehead atoms. The van der Waals surface area contributed by atoms with Crippen molar-refractivity contribution in [2.75, 3.05) is 5.33 Å². The second kappa shape index (κ2) is 4.26. The molecule has 2 heterocycles. The second-order valence-corrected chi connectivity index (χ2v) is 3.86. The number of hydrogen-bond acceptors (Lipinski definition) is 4. The number of H-pyrrole nitrogens is 1. The number of imidazole rings is 1. The van der Waals surface area contributed by atoms with Crippen LogP contribution in [0.1, 0.15) is 11.7 Å². The van der Waals surface area contributed by atoms with Gasteiger partial charge in [0.15, 0.2) is 5.65 Å². The Labute approximate surface area is 94.3 Å². The molecule has 2 atom stereocenters. The standard InChI is InChI=1S/C9H10BrN3O2/c10-2-7(14)8(15)5-1-6-9(11-3-5)13-4-12-6/h1,3-4,7-8,14-15H,2H2,(H,11,12,13). The summed E-state index contributed by atoms with van der Waals surface area (Å²) in [5.41, 5.74) is 1.91. The summed E-state index contributed by atoms with van der Waals surface area (Å²) in [5.74, 6) is 0. The number of rotatable bonds is 3. The van der Waals surface area contributed by atoms with Crippen molar-refractivity contribution in [1.82, 2.24) is 15.0 Å². The van der Waals surface area contributed by atoms with Crippen LogP contribution in [-0.4, -0.2) is 36.6 Å². The lowest BCUT2D eigenvalue weighted by Gasteiger charge is -2.15. The van der Waals surface area contributed by atoms with Crippen molar-refractivity contribution in [2.24, 2.45) is 0 Å². The van der Waals surface area contributed by atoms with Crippen molar-refractivity contribution in [3.63, 3.8) is 0 Å². The van der Waals surface area contributed by atoms with Gasteiger partial charge in [-0.3, -0.25) is 0 Å². The fraction of sp³-hybridized carbons (Fsp3) is 0.333. The summed E-state index contributed by atoms with van der Waals surface area (Å²) in [6.07, 6.45) is 1.27. The van der Waals surface area contributed by atoms with Crippen LogP contribution >= 0.6 is 15.9 Å². The molecule has 6 heteroatoms. The van der Waals surface area contributed by atoms with Gasteiger partial charge in [0.1, 0.15) is 6.10 Å². The van der Waals surface area contributed by atoms with E-state index in [9.17, 15) is 10.2 Å². The maximum atomic E-state index is 9.73. The molecule has 0 aliphatic rings. The van der Waals surface area contributed by atoms with E-state index in [1.54, 1.807) is 6.07 Å². The molecule has 2 unspecified atom stereocenters. The molecule has 0 spiro atoms. The Kier molecular flexibility index (Phi) is 2.99. The zero-order valence-electron chi connectivity index (χ0n) is 7.76. The third kappa shape index (κ3) is 2.01. The number of hydrogen-bond donors (Lipinski definition) is 3. The van der Waals surface area contributed by atoms with Gasteiger partial charge in [0.25, 0.3) is 0 Å². The van der Waals surface area contributed by atoms with Crippen molar-refractivity contribution in [2.45, 2.75) is 12.2 Å². The van der Waals surface area contributed by atoms with Crippen LogP contribution in [0.4, 0.5) is 0 Å². The van der Waals surface area contributed by atoms with Crippen LogP contribution in [0.2, 0.25) is 0 Å². The first-order valence-corrected chi connectivity index (χ1v) is 5.55. The molecule has 0 fully saturated rings. The number of aromatic amines is 1. The molecule has 0 saturated carbocycles. The van der Waals surface area contributed by atoms with Crippen LogP contribution in [0.25, 0.3) is 11.2 Å². The Morgan fingerprint density at radius 1 is 1.40 bits per heavy atom. The molecule has 80 valence electrons. The predicted octanol–water partition coefficient (Wildman–Crippen LogP) is 0.747. The molecular formula is C9H10BrN3O2. The van der Waals surface area contributed by atoms with E-state index in [4.69, 9.17) is 0 Å². The van der Waals surface area contributed by atoms with Gasteiger partial charge in [-0.2, -0.15) is 0 Å². The molecule has 2 rings (SSSR count). The lowest BCUT2D eigenvalue weighted by Crippen LogP contribution is -2.19.